The van der Waals surface area contributed by atoms with Gasteiger partial charge in [0.2, 0.25) is 0 Å². The molecule has 3 nitrogen and oxygen atoms in total. The number of amides is 1. The lowest BCUT2D eigenvalue weighted by Gasteiger charge is -2.16. The molecule has 0 fully saturated rings. The molecule has 0 spiro atoms. The minimum atomic E-state index is -0.0870. The molecule has 3 N–H and O–H groups in total. The topological polar surface area (TPSA) is 55.1 Å². The molecule has 1 atom stereocenters. The molecule has 19 heavy (non-hydrogen) atoms. The van der Waals surface area contributed by atoms with Crippen LogP contribution < -0.4 is 11.1 Å². The maximum atomic E-state index is 12.2. The van der Waals surface area contributed by atoms with Gasteiger partial charge in [-0.15, -0.1) is 11.3 Å². The highest BCUT2D eigenvalue weighted by Crippen LogP contribution is 2.35. The van der Waals surface area contributed by atoms with Crippen molar-refractivity contribution >= 4 is 48.9 Å². The lowest BCUT2D eigenvalue weighted by molar-refractivity contribution is 0.0935. The van der Waals surface area contributed by atoms with Gasteiger partial charge < -0.3 is 11.1 Å². The van der Waals surface area contributed by atoms with Crippen molar-refractivity contribution in [2.45, 2.75) is 26.8 Å². The normalized spacial score (nSPS) is 12.9. The van der Waals surface area contributed by atoms with Crippen molar-refractivity contribution in [3.63, 3.8) is 0 Å². The van der Waals surface area contributed by atoms with E-state index in [4.69, 9.17) is 5.73 Å². The van der Waals surface area contributed by atoms with E-state index in [2.05, 4.69) is 35.1 Å². The maximum Gasteiger partial charge on any atom is 0.263 e. The number of carbonyl (C=O) groups is 1. The van der Waals surface area contributed by atoms with E-state index >= 15 is 0 Å². The largest absolute Gasteiger partial charge is 0.397 e. The van der Waals surface area contributed by atoms with Crippen LogP contribution in [-0.4, -0.2) is 11.9 Å². The predicted molar refractivity (Wildman–Crippen MR) is 85.7 cm³/mol. The van der Waals surface area contributed by atoms with E-state index in [0.29, 0.717) is 16.5 Å². The summed E-state index contributed by atoms with van der Waals surface area (Å²) in [5.41, 5.74) is 6.65. The molecular formula is C14H17BrN2OS. The number of rotatable bonds is 3. The number of fused-ring (bicyclic) bond motifs is 1. The molecule has 0 aliphatic heterocycles. The number of carbonyl (C=O) groups excluding carboxylic acids is 1. The van der Waals surface area contributed by atoms with Crippen molar-refractivity contribution in [2.24, 2.45) is 5.92 Å². The van der Waals surface area contributed by atoms with Crippen molar-refractivity contribution in [2.75, 3.05) is 5.73 Å². The van der Waals surface area contributed by atoms with E-state index in [-0.39, 0.29) is 11.9 Å². The van der Waals surface area contributed by atoms with Crippen molar-refractivity contribution < 1.29 is 4.79 Å². The second-order valence-corrected chi connectivity index (χ2v) is 6.96. The zero-order valence-corrected chi connectivity index (χ0v) is 13.6. The molecule has 1 heterocycles. The maximum absolute atomic E-state index is 12.2. The molecule has 1 aromatic carbocycles. The Morgan fingerprint density at radius 3 is 2.68 bits per heavy atom. The molecule has 0 bridgehead atoms. The minimum absolute atomic E-state index is 0.0870. The van der Waals surface area contributed by atoms with Gasteiger partial charge in [0, 0.05) is 20.6 Å². The third-order valence-electron chi connectivity index (χ3n) is 3.25. The summed E-state index contributed by atoms with van der Waals surface area (Å²) < 4.78 is 2.00. The molecule has 2 rings (SSSR count). The monoisotopic (exact) mass is 340 g/mol. The number of benzene rings is 1. The van der Waals surface area contributed by atoms with Crippen LogP contribution in [-0.2, 0) is 0 Å². The van der Waals surface area contributed by atoms with Gasteiger partial charge in [-0.2, -0.15) is 0 Å². The lowest BCUT2D eigenvalue weighted by Crippen LogP contribution is -2.35. The summed E-state index contributed by atoms with van der Waals surface area (Å²) in [7, 11) is 0. The zero-order chi connectivity index (χ0) is 14.2. The molecule has 0 saturated heterocycles. The van der Waals surface area contributed by atoms with Crippen LogP contribution in [0.3, 0.4) is 0 Å². The van der Waals surface area contributed by atoms with Crippen molar-refractivity contribution in [1.82, 2.24) is 5.32 Å². The average molecular weight is 341 g/mol. The predicted octanol–water partition coefficient (Wildman–Crippen LogP) is 4.02. The number of halogens is 1. The van der Waals surface area contributed by atoms with Gasteiger partial charge in [0.15, 0.2) is 0 Å². The molecule has 1 unspecified atom stereocenters. The van der Waals surface area contributed by atoms with Gasteiger partial charge >= 0.3 is 0 Å². The average Bonchev–Trinajstić information content (AvgIpc) is 2.66. The highest BCUT2D eigenvalue weighted by atomic mass is 79.9. The summed E-state index contributed by atoms with van der Waals surface area (Å²) in [4.78, 5) is 12.8. The van der Waals surface area contributed by atoms with Crippen LogP contribution in [0.1, 0.15) is 30.4 Å². The molecule has 0 radical (unpaired) electrons. The van der Waals surface area contributed by atoms with E-state index < -0.39 is 0 Å². The minimum Gasteiger partial charge on any atom is -0.397 e. The summed E-state index contributed by atoms with van der Waals surface area (Å²) in [5.74, 6) is 0.310. The fourth-order valence-electron chi connectivity index (χ4n) is 1.70. The Morgan fingerprint density at radius 2 is 2.05 bits per heavy atom. The molecule has 102 valence electrons. The molecule has 1 amide bonds. The SMILES string of the molecule is CC(C)C(C)NC(=O)c1sc2ccc(Br)cc2c1N. The Morgan fingerprint density at radius 1 is 1.37 bits per heavy atom. The van der Waals surface area contributed by atoms with Gasteiger partial charge in [0.1, 0.15) is 4.88 Å². The Kier molecular flexibility index (Phi) is 4.16. The van der Waals surface area contributed by atoms with Crippen LogP contribution in [0.15, 0.2) is 22.7 Å². The third-order valence-corrected chi connectivity index (χ3v) is 4.93. The van der Waals surface area contributed by atoms with Crippen molar-refractivity contribution in [3.8, 4) is 0 Å². The standard InChI is InChI=1S/C14H17BrN2OS/c1-7(2)8(3)17-14(18)13-12(16)10-6-9(15)4-5-11(10)19-13/h4-8H,16H2,1-3H3,(H,17,18). The van der Waals surface area contributed by atoms with E-state index in [0.717, 1.165) is 14.6 Å². The van der Waals surface area contributed by atoms with Gasteiger partial charge in [-0.25, -0.2) is 0 Å². The summed E-state index contributed by atoms with van der Waals surface area (Å²) in [5, 5.41) is 3.92. The first-order valence-corrected chi connectivity index (χ1v) is 7.79. The number of hydrogen-bond donors (Lipinski definition) is 2. The third kappa shape index (κ3) is 2.92. The highest BCUT2D eigenvalue weighted by molar-refractivity contribution is 9.10. The van der Waals surface area contributed by atoms with Crippen LogP contribution >= 0.6 is 27.3 Å². The number of thiophene rings is 1. The number of anilines is 1. The number of hydrogen-bond acceptors (Lipinski definition) is 3. The van der Waals surface area contributed by atoms with Crippen molar-refractivity contribution in [3.05, 3.63) is 27.5 Å². The Balaban J connectivity index is 2.35. The second-order valence-electron chi connectivity index (χ2n) is 4.99. The van der Waals surface area contributed by atoms with Crippen LogP contribution in [0, 0.1) is 5.92 Å². The summed E-state index contributed by atoms with van der Waals surface area (Å²) in [6, 6.07) is 6.01. The van der Waals surface area contributed by atoms with Gasteiger partial charge in [0.05, 0.1) is 5.69 Å². The Labute approximate surface area is 125 Å². The summed E-state index contributed by atoms with van der Waals surface area (Å²) in [6.45, 7) is 6.16. The number of nitrogens with one attached hydrogen (secondary N) is 1. The van der Waals surface area contributed by atoms with Gasteiger partial charge in [-0.3, -0.25) is 4.79 Å². The van der Waals surface area contributed by atoms with Gasteiger partial charge in [-0.1, -0.05) is 29.8 Å². The van der Waals surface area contributed by atoms with Crippen LogP contribution in [0.4, 0.5) is 5.69 Å². The van der Waals surface area contributed by atoms with Crippen molar-refractivity contribution in [1.29, 1.82) is 0 Å². The first-order chi connectivity index (χ1) is 8.90. The zero-order valence-electron chi connectivity index (χ0n) is 11.2. The van der Waals surface area contributed by atoms with Gasteiger partial charge in [0.25, 0.3) is 5.91 Å². The Bertz CT molecular complexity index is 621. The van der Waals surface area contributed by atoms with Crippen LogP contribution in [0.25, 0.3) is 10.1 Å². The molecule has 1 aromatic heterocycles. The highest BCUT2D eigenvalue weighted by Gasteiger charge is 2.19. The number of nitrogens with two attached hydrogens (primary N) is 1. The van der Waals surface area contributed by atoms with Crippen LogP contribution in [0.2, 0.25) is 0 Å². The first-order valence-electron chi connectivity index (χ1n) is 6.18. The summed E-state index contributed by atoms with van der Waals surface area (Å²) in [6.07, 6.45) is 0. The molecule has 0 aliphatic rings. The molecule has 5 heteroatoms. The first kappa shape index (κ1) is 14.3. The quantitative estimate of drug-likeness (QED) is 0.886. The van der Waals surface area contributed by atoms with Crippen LogP contribution in [0.5, 0.6) is 0 Å². The number of nitrogen functional groups attached to an aromatic ring is 1. The molecule has 0 saturated carbocycles. The smallest absolute Gasteiger partial charge is 0.263 e. The van der Waals surface area contributed by atoms with E-state index in [1.807, 2.05) is 25.1 Å². The van der Waals surface area contributed by atoms with E-state index in [1.54, 1.807) is 0 Å². The van der Waals surface area contributed by atoms with E-state index in [1.165, 1.54) is 11.3 Å². The Hall–Kier alpha value is -1.07. The van der Waals surface area contributed by atoms with E-state index in [9.17, 15) is 4.79 Å². The molecule has 2 aromatic rings. The molecular weight excluding hydrogens is 324 g/mol. The fourth-order valence-corrected chi connectivity index (χ4v) is 3.06. The second kappa shape index (κ2) is 5.51. The van der Waals surface area contributed by atoms with Gasteiger partial charge in [-0.05, 0) is 31.0 Å². The fraction of sp³-hybridized carbons (Fsp3) is 0.357. The summed E-state index contributed by atoms with van der Waals surface area (Å²) >= 11 is 4.86. The lowest BCUT2D eigenvalue weighted by atomic mass is 10.1. The molecule has 0 aliphatic carbocycles.